The first-order chi connectivity index (χ1) is 7.35. The van der Waals surface area contributed by atoms with E-state index in [1.807, 2.05) is 0 Å². The van der Waals surface area contributed by atoms with Gasteiger partial charge in [-0.1, -0.05) is 0 Å². The first-order valence-corrected chi connectivity index (χ1v) is 7.56. The Morgan fingerprint density at radius 3 is 1.73 bits per heavy atom. The van der Waals surface area contributed by atoms with Gasteiger partial charge in [0, 0.05) is 34.0 Å². The molecule has 0 aromatic rings. The number of aliphatic hydroxyl groups is 1. The van der Waals surface area contributed by atoms with Crippen molar-refractivity contribution < 1.29 is 14.6 Å². The van der Waals surface area contributed by atoms with Crippen molar-refractivity contribution >= 4 is 7.92 Å². The highest BCUT2D eigenvalue weighted by Crippen LogP contribution is 2.37. The van der Waals surface area contributed by atoms with Crippen molar-refractivity contribution in [2.45, 2.75) is 19.3 Å². The number of hydrogen-bond donors (Lipinski definition) is 1. The van der Waals surface area contributed by atoms with E-state index in [0.717, 1.165) is 32.5 Å². The second kappa shape index (κ2) is 12.4. The molecule has 0 bridgehead atoms. The molecular formula is C11H25O3P. The predicted molar refractivity (Wildman–Crippen MR) is 66.2 cm³/mol. The summed E-state index contributed by atoms with van der Waals surface area (Å²) in [4.78, 5) is 0. The molecule has 0 heterocycles. The van der Waals surface area contributed by atoms with Crippen LogP contribution in [0.1, 0.15) is 19.3 Å². The van der Waals surface area contributed by atoms with E-state index in [-0.39, 0.29) is 7.92 Å². The maximum atomic E-state index is 8.82. The molecular weight excluding hydrogens is 211 g/mol. The fourth-order valence-corrected chi connectivity index (χ4v) is 3.91. The van der Waals surface area contributed by atoms with E-state index < -0.39 is 0 Å². The SMILES string of the molecule is COCCCP(CCCO)CCCOC. The van der Waals surface area contributed by atoms with Crippen molar-refractivity contribution in [3.63, 3.8) is 0 Å². The lowest BCUT2D eigenvalue weighted by Gasteiger charge is -2.16. The van der Waals surface area contributed by atoms with Crippen LogP contribution in [0.3, 0.4) is 0 Å². The Hall–Kier alpha value is 0.310. The summed E-state index contributed by atoms with van der Waals surface area (Å²) in [6.07, 6.45) is 6.99. The molecule has 0 aliphatic carbocycles. The summed E-state index contributed by atoms with van der Waals surface area (Å²) in [5, 5.41) is 8.82. The van der Waals surface area contributed by atoms with Crippen LogP contribution in [-0.4, -0.2) is 57.6 Å². The van der Waals surface area contributed by atoms with Crippen molar-refractivity contribution in [3.05, 3.63) is 0 Å². The number of ether oxygens (including phenoxy) is 2. The maximum absolute atomic E-state index is 8.82. The van der Waals surface area contributed by atoms with E-state index in [0.29, 0.717) is 6.61 Å². The zero-order valence-electron chi connectivity index (χ0n) is 10.1. The lowest BCUT2D eigenvalue weighted by atomic mass is 10.5. The molecule has 0 aliphatic heterocycles. The Kier molecular flexibility index (Phi) is 12.6. The second-order valence-electron chi connectivity index (χ2n) is 3.61. The fraction of sp³-hybridized carbons (Fsp3) is 1.00. The zero-order valence-corrected chi connectivity index (χ0v) is 11.0. The van der Waals surface area contributed by atoms with E-state index in [1.165, 1.54) is 18.5 Å². The first kappa shape index (κ1) is 15.3. The monoisotopic (exact) mass is 236 g/mol. The molecule has 0 unspecified atom stereocenters. The second-order valence-corrected chi connectivity index (χ2v) is 6.29. The third-order valence-corrected chi connectivity index (χ3v) is 5.12. The molecule has 3 nitrogen and oxygen atoms in total. The van der Waals surface area contributed by atoms with Gasteiger partial charge in [-0.3, -0.25) is 0 Å². The van der Waals surface area contributed by atoms with Gasteiger partial charge >= 0.3 is 0 Å². The minimum absolute atomic E-state index is 0.0902. The van der Waals surface area contributed by atoms with Gasteiger partial charge < -0.3 is 14.6 Å². The fourth-order valence-electron chi connectivity index (χ4n) is 1.49. The highest BCUT2D eigenvalue weighted by Gasteiger charge is 2.06. The van der Waals surface area contributed by atoms with Gasteiger partial charge in [0.25, 0.3) is 0 Å². The average molecular weight is 236 g/mol. The third kappa shape index (κ3) is 10.6. The topological polar surface area (TPSA) is 38.7 Å². The third-order valence-electron chi connectivity index (χ3n) is 2.28. The Morgan fingerprint density at radius 2 is 1.33 bits per heavy atom. The summed E-state index contributed by atoms with van der Waals surface area (Å²) >= 11 is 0. The summed E-state index contributed by atoms with van der Waals surface area (Å²) in [6.45, 7) is 2.05. The zero-order chi connectivity index (χ0) is 11.4. The normalized spacial score (nSPS) is 11.2. The molecule has 0 atom stereocenters. The molecule has 0 saturated heterocycles. The highest BCUT2D eigenvalue weighted by molar-refractivity contribution is 7.57. The Labute approximate surface area is 94.9 Å². The van der Waals surface area contributed by atoms with Gasteiger partial charge in [-0.25, -0.2) is 0 Å². The van der Waals surface area contributed by atoms with Crippen LogP contribution in [0, 0.1) is 0 Å². The molecule has 0 fully saturated rings. The molecule has 1 N–H and O–H groups in total. The predicted octanol–water partition coefficient (Wildman–Crippen LogP) is 1.92. The molecule has 0 radical (unpaired) electrons. The lowest BCUT2D eigenvalue weighted by molar-refractivity contribution is 0.198. The van der Waals surface area contributed by atoms with Crippen molar-refractivity contribution in [1.82, 2.24) is 0 Å². The van der Waals surface area contributed by atoms with E-state index in [4.69, 9.17) is 14.6 Å². The number of methoxy groups -OCH3 is 2. The van der Waals surface area contributed by atoms with E-state index in [2.05, 4.69) is 0 Å². The molecule has 4 heteroatoms. The number of rotatable bonds is 11. The molecule has 0 saturated carbocycles. The Morgan fingerprint density at radius 1 is 0.867 bits per heavy atom. The molecule has 0 aliphatic rings. The standard InChI is InChI=1S/C11H25O3P/c1-13-7-4-10-15(9-3-6-12)11-5-8-14-2/h12H,3-11H2,1-2H3. The van der Waals surface area contributed by atoms with Crippen molar-refractivity contribution in [2.24, 2.45) is 0 Å². The minimum atomic E-state index is 0.0902. The van der Waals surface area contributed by atoms with E-state index in [1.54, 1.807) is 14.2 Å². The van der Waals surface area contributed by atoms with Crippen molar-refractivity contribution in [2.75, 3.05) is 52.5 Å². The van der Waals surface area contributed by atoms with Crippen LogP contribution in [0.15, 0.2) is 0 Å². The van der Waals surface area contributed by atoms with Gasteiger partial charge in [-0.15, -0.1) is 7.92 Å². The van der Waals surface area contributed by atoms with Crippen molar-refractivity contribution in [3.8, 4) is 0 Å². The Bertz CT molecular complexity index is 112. The highest BCUT2D eigenvalue weighted by atomic mass is 31.1. The summed E-state index contributed by atoms with van der Waals surface area (Å²) in [5.41, 5.74) is 0. The lowest BCUT2D eigenvalue weighted by Crippen LogP contribution is -2.02. The number of hydrogen-bond acceptors (Lipinski definition) is 3. The van der Waals surface area contributed by atoms with Gasteiger partial charge in [-0.05, 0) is 37.7 Å². The molecule has 0 aromatic carbocycles. The molecule has 92 valence electrons. The van der Waals surface area contributed by atoms with Crippen LogP contribution in [0.2, 0.25) is 0 Å². The molecule has 15 heavy (non-hydrogen) atoms. The number of aliphatic hydroxyl groups excluding tert-OH is 1. The first-order valence-electron chi connectivity index (χ1n) is 5.66. The smallest absolute Gasteiger partial charge is 0.0465 e. The Balaban J connectivity index is 3.53. The maximum Gasteiger partial charge on any atom is 0.0465 e. The van der Waals surface area contributed by atoms with Crippen LogP contribution >= 0.6 is 7.92 Å². The van der Waals surface area contributed by atoms with Crippen LogP contribution in [-0.2, 0) is 9.47 Å². The molecule has 0 aromatic heterocycles. The van der Waals surface area contributed by atoms with Gasteiger partial charge in [-0.2, -0.15) is 0 Å². The summed E-state index contributed by atoms with van der Waals surface area (Å²) in [5.74, 6) is 0. The molecule has 0 spiro atoms. The van der Waals surface area contributed by atoms with Crippen molar-refractivity contribution in [1.29, 1.82) is 0 Å². The van der Waals surface area contributed by atoms with Gasteiger partial charge in [0.2, 0.25) is 0 Å². The molecule has 0 rings (SSSR count). The molecule has 0 amide bonds. The van der Waals surface area contributed by atoms with Crippen LogP contribution in [0.4, 0.5) is 0 Å². The summed E-state index contributed by atoms with van der Waals surface area (Å²) < 4.78 is 10.1. The van der Waals surface area contributed by atoms with Gasteiger partial charge in [0.1, 0.15) is 0 Å². The van der Waals surface area contributed by atoms with Crippen LogP contribution in [0.25, 0.3) is 0 Å². The summed E-state index contributed by atoms with van der Waals surface area (Å²) in [7, 11) is 3.59. The van der Waals surface area contributed by atoms with Gasteiger partial charge in [0.15, 0.2) is 0 Å². The average Bonchev–Trinajstić information content (AvgIpc) is 2.25. The quantitative estimate of drug-likeness (QED) is 0.440. The largest absolute Gasteiger partial charge is 0.396 e. The van der Waals surface area contributed by atoms with E-state index in [9.17, 15) is 0 Å². The van der Waals surface area contributed by atoms with E-state index >= 15 is 0 Å². The van der Waals surface area contributed by atoms with Gasteiger partial charge in [0.05, 0.1) is 0 Å². The summed E-state index contributed by atoms with van der Waals surface area (Å²) in [6, 6.07) is 0. The van der Waals surface area contributed by atoms with Crippen LogP contribution in [0.5, 0.6) is 0 Å². The minimum Gasteiger partial charge on any atom is -0.396 e. The van der Waals surface area contributed by atoms with Crippen LogP contribution < -0.4 is 0 Å².